The van der Waals surface area contributed by atoms with Gasteiger partial charge in [0.1, 0.15) is 0 Å². The maximum atomic E-state index is 13.6. The van der Waals surface area contributed by atoms with Crippen LogP contribution in [0.2, 0.25) is 0 Å². The SMILES string of the molecule is CC(CCC(=O)NC=O)N1C(=O)c2cccc(N3CCC(OC4CCN(c5ccc(-c6cc7[nH]c(C8CCCN8C)cc7cn6)cc5)CC4)CC3)c2C1=O. The average Bonchev–Trinajstić information content (AvgIpc) is 3.89. The fraction of sp³-hybridized carbons (Fsp3) is 0.452. The van der Waals surface area contributed by atoms with Crippen molar-refractivity contribution >= 4 is 46.4 Å². The number of anilines is 2. The fourth-order valence-corrected chi connectivity index (χ4v) is 8.84. The van der Waals surface area contributed by atoms with Crippen molar-refractivity contribution in [1.82, 2.24) is 25.1 Å². The first-order valence-electron chi connectivity index (χ1n) is 19.5. The molecule has 0 saturated carbocycles. The van der Waals surface area contributed by atoms with E-state index in [0.29, 0.717) is 23.6 Å². The number of piperidine rings is 2. The minimum atomic E-state index is -0.479. The number of imide groups is 2. The van der Waals surface area contributed by atoms with Gasteiger partial charge in [-0.2, -0.15) is 0 Å². The highest BCUT2D eigenvalue weighted by Crippen LogP contribution is 2.36. The number of carbonyl (C=O) groups excluding carboxylic acids is 4. The lowest BCUT2D eigenvalue weighted by molar-refractivity contribution is -0.125. The van der Waals surface area contributed by atoms with Crippen molar-refractivity contribution in [3.05, 3.63) is 77.6 Å². The summed E-state index contributed by atoms with van der Waals surface area (Å²) in [5.74, 6) is -1.10. The molecule has 4 aliphatic heterocycles. The lowest BCUT2D eigenvalue weighted by Gasteiger charge is -2.38. The lowest BCUT2D eigenvalue weighted by Crippen LogP contribution is -2.42. The number of pyridine rings is 1. The number of nitrogens with one attached hydrogen (secondary N) is 2. The molecule has 54 heavy (non-hydrogen) atoms. The molecule has 2 unspecified atom stereocenters. The van der Waals surface area contributed by atoms with Crippen molar-refractivity contribution < 1.29 is 23.9 Å². The number of rotatable bonds is 11. The summed E-state index contributed by atoms with van der Waals surface area (Å²) in [5, 5.41) is 3.27. The third kappa shape index (κ3) is 7.12. The molecular weight excluding hydrogens is 683 g/mol. The van der Waals surface area contributed by atoms with E-state index in [1.165, 1.54) is 29.1 Å². The molecule has 3 fully saturated rings. The number of hydrogen-bond acceptors (Lipinski definition) is 9. The van der Waals surface area contributed by atoms with Gasteiger partial charge >= 0.3 is 0 Å². The Labute approximate surface area is 315 Å². The summed E-state index contributed by atoms with van der Waals surface area (Å²) in [6.07, 6.45) is 9.08. The number of likely N-dealkylation sites (tertiary alicyclic amines) is 1. The zero-order chi connectivity index (χ0) is 37.3. The molecule has 2 N–H and O–H groups in total. The Hall–Kier alpha value is -5.07. The first-order valence-corrected chi connectivity index (χ1v) is 19.5. The van der Waals surface area contributed by atoms with Crippen LogP contribution in [0.25, 0.3) is 22.2 Å². The number of aromatic amines is 1. The van der Waals surface area contributed by atoms with Crippen LogP contribution < -0.4 is 15.1 Å². The maximum Gasteiger partial charge on any atom is 0.263 e. The standard InChI is InChI=1S/C42H49N7O5/c1-27(8-13-39(51)44-26-50)49-41(52)33-5-3-6-38(40(33)42(49)53)48-21-16-32(17-22-48)54-31-14-19-47(20-15-31)30-11-9-28(10-12-30)34-24-35-29(25-43-34)23-36(45-35)37-7-4-18-46(37)2/h3,5-6,9-12,23-27,31-32,37,45H,4,7-8,13-22H2,1-2H3,(H,44,50,51). The molecule has 4 amide bonds. The summed E-state index contributed by atoms with van der Waals surface area (Å²) in [7, 11) is 2.20. The molecule has 0 radical (unpaired) electrons. The number of amides is 4. The van der Waals surface area contributed by atoms with Gasteiger partial charge in [0, 0.05) is 78.7 Å². The lowest BCUT2D eigenvalue weighted by atomic mass is 10.0. The number of benzene rings is 2. The molecule has 12 heteroatoms. The van der Waals surface area contributed by atoms with Gasteiger partial charge in [-0.25, -0.2) is 0 Å². The summed E-state index contributed by atoms with van der Waals surface area (Å²) in [4.78, 5) is 66.0. The van der Waals surface area contributed by atoms with Crippen molar-refractivity contribution in [2.24, 2.45) is 0 Å². The number of carbonyl (C=O) groups is 4. The number of aromatic nitrogens is 2. The molecule has 6 heterocycles. The summed E-state index contributed by atoms with van der Waals surface area (Å²) in [5.41, 5.74) is 7.34. The molecule has 0 spiro atoms. The van der Waals surface area contributed by atoms with Crippen molar-refractivity contribution in [3.63, 3.8) is 0 Å². The second kappa shape index (κ2) is 15.3. The Morgan fingerprint density at radius 3 is 2.35 bits per heavy atom. The van der Waals surface area contributed by atoms with Crippen molar-refractivity contribution in [2.45, 2.75) is 82.6 Å². The monoisotopic (exact) mass is 731 g/mol. The quantitative estimate of drug-likeness (QED) is 0.148. The normalized spacial score (nSPS) is 20.6. The van der Waals surface area contributed by atoms with Crippen LogP contribution >= 0.6 is 0 Å². The van der Waals surface area contributed by atoms with Gasteiger partial charge in [-0.15, -0.1) is 0 Å². The number of H-pyrrole nitrogens is 1. The highest BCUT2D eigenvalue weighted by atomic mass is 16.5. The molecule has 2 aromatic heterocycles. The van der Waals surface area contributed by atoms with Crippen molar-refractivity contribution in [1.29, 1.82) is 0 Å². The molecule has 0 bridgehead atoms. The predicted octanol–water partition coefficient (Wildman–Crippen LogP) is 5.69. The number of hydrogen-bond donors (Lipinski definition) is 2. The van der Waals surface area contributed by atoms with E-state index in [0.717, 1.165) is 86.3 Å². The zero-order valence-electron chi connectivity index (χ0n) is 31.1. The highest BCUT2D eigenvalue weighted by molar-refractivity contribution is 6.24. The van der Waals surface area contributed by atoms with E-state index in [1.54, 1.807) is 13.0 Å². The van der Waals surface area contributed by atoms with Crippen molar-refractivity contribution in [3.8, 4) is 11.3 Å². The second-order valence-corrected chi connectivity index (χ2v) is 15.3. The van der Waals surface area contributed by atoms with E-state index in [4.69, 9.17) is 9.72 Å². The van der Waals surface area contributed by atoms with Gasteiger partial charge in [0.05, 0.1) is 34.7 Å². The number of nitrogens with zero attached hydrogens (tertiary/aromatic N) is 5. The topological polar surface area (TPSA) is 131 Å². The molecule has 2 aromatic carbocycles. The Balaban J connectivity index is 0.821. The smallest absolute Gasteiger partial charge is 0.263 e. The minimum absolute atomic E-state index is 0.0454. The molecule has 0 aliphatic carbocycles. The van der Waals surface area contributed by atoms with Gasteiger partial charge in [-0.05, 0) is 102 Å². The van der Waals surface area contributed by atoms with E-state index in [1.807, 2.05) is 18.3 Å². The van der Waals surface area contributed by atoms with Gasteiger partial charge < -0.3 is 19.5 Å². The molecule has 4 aliphatic rings. The average molecular weight is 732 g/mol. The van der Waals surface area contributed by atoms with E-state index in [9.17, 15) is 19.2 Å². The van der Waals surface area contributed by atoms with Gasteiger partial charge in [-0.1, -0.05) is 18.2 Å². The summed E-state index contributed by atoms with van der Waals surface area (Å²) < 4.78 is 6.64. The Morgan fingerprint density at radius 1 is 0.944 bits per heavy atom. The molecule has 3 saturated heterocycles. The van der Waals surface area contributed by atoms with Gasteiger partial charge in [0.25, 0.3) is 11.8 Å². The third-order valence-corrected chi connectivity index (χ3v) is 11.9. The fourth-order valence-electron chi connectivity index (χ4n) is 8.84. The minimum Gasteiger partial charge on any atom is -0.375 e. The summed E-state index contributed by atoms with van der Waals surface area (Å²) in [6, 6.07) is 18.6. The van der Waals surface area contributed by atoms with Crippen LogP contribution in [-0.2, 0) is 14.3 Å². The molecular formula is C42H49N7O5. The van der Waals surface area contributed by atoms with Crippen LogP contribution in [0, 0.1) is 0 Å². The first kappa shape index (κ1) is 35.9. The van der Waals surface area contributed by atoms with E-state index >= 15 is 0 Å². The highest BCUT2D eigenvalue weighted by Gasteiger charge is 2.41. The Morgan fingerprint density at radius 2 is 1.67 bits per heavy atom. The summed E-state index contributed by atoms with van der Waals surface area (Å²) in [6.45, 7) is 6.26. The van der Waals surface area contributed by atoms with Crippen LogP contribution in [-0.4, -0.2) is 102 Å². The first-order chi connectivity index (χ1) is 26.3. The van der Waals surface area contributed by atoms with Crippen molar-refractivity contribution in [2.75, 3.05) is 49.6 Å². The number of fused-ring (bicyclic) bond motifs is 2. The van der Waals surface area contributed by atoms with Crippen LogP contribution in [0.4, 0.5) is 11.4 Å². The van der Waals surface area contributed by atoms with E-state index in [-0.39, 0.29) is 36.9 Å². The zero-order valence-corrected chi connectivity index (χ0v) is 31.1. The van der Waals surface area contributed by atoms with E-state index in [2.05, 4.69) is 68.4 Å². The molecule has 8 rings (SSSR count). The largest absolute Gasteiger partial charge is 0.375 e. The summed E-state index contributed by atoms with van der Waals surface area (Å²) >= 11 is 0. The Bertz CT molecular complexity index is 2030. The van der Waals surface area contributed by atoms with Crippen LogP contribution in [0.1, 0.15) is 90.7 Å². The predicted molar refractivity (Wildman–Crippen MR) is 208 cm³/mol. The third-order valence-electron chi connectivity index (χ3n) is 11.9. The molecule has 282 valence electrons. The van der Waals surface area contributed by atoms with Crippen LogP contribution in [0.5, 0.6) is 0 Å². The molecule has 12 nitrogen and oxygen atoms in total. The van der Waals surface area contributed by atoms with Gasteiger partial charge in [0.2, 0.25) is 12.3 Å². The van der Waals surface area contributed by atoms with Gasteiger partial charge in [0.15, 0.2) is 0 Å². The molecule has 4 aromatic rings. The maximum absolute atomic E-state index is 13.6. The number of ether oxygens (including phenoxy) is 1. The van der Waals surface area contributed by atoms with Gasteiger partial charge in [-0.3, -0.25) is 39.3 Å². The van der Waals surface area contributed by atoms with Crippen LogP contribution in [0.3, 0.4) is 0 Å². The van der Waals surface area contributed by atoms with E-state index < -0.39 is 11.9 Å². The Kier molecular flexibility index (Phi) is 10.2. The molecule has 2 atom stereocenters. The second-order valence-electron chi connectivity index (χ2n) is 15.3. The van der Waals surface area contributed by atoms with Crippen LogP contribution in [0.15, 0.2) is 60.8 Å².